The average molecular weight is 201 g/mol. The van der Waals surface area contributed by atoms with Crippen LogP contribution >= 0.6 is 0 Å². The third-order valence-electron chi connectivity index (χ3n) is 1.40. The first-order valence-electron chi connectivity index (χ1n) is 4.32. The molecule has 0 spiro atoms. The van der Waals surface area contributed by atoms with Gasteiger partial charge in [0, 0.05) is 5.56 Å². The molecule has 0 heterocycles. The van der Waals surface area contributed by atoms with Gasteiger partial charge in [0.15, 0.2) is 11.6 Å². The Morgan fingerprint density at radius 2 is 1.93 bits per heavy atom. The number of halogens is 2. The fourth-order valence-corrected chi connectivity index (χ4v) is 0.873. The highest BCUT2D eigenvalue weighted by Crippen LogP contribution is 2.11. The molecule has 0 aliphatic carbocycles. The standard InChI is InChI=1S/C8H7F2NO.C2H6/c9-6-3-1-2-5(8(6)10)4-7(11)12;1-2/h1-3H,4H2,(H2,11,12);1-2H3. The molecular formula is C10H13F2NO. The molecule has 0 unspecified atom stereocenters. The van der Waals surface area contributed by atoms with Crippen LogP contribution in [0.1, 0.15) is 19.4 Å². The summed E-state index contributed by atoms with van der Waals surface area (Å²) in [6.45, 7) is 4.00. The van der Waals surface area contributed by atoms with Crippen LogP contribution in [0.2, 0.25) is 0 Å². The Hall–Kier alpha value is -1.45. The molecule has 0 aliphatic rings. The first kappa shape index (κ1) is 12.5. The molecular weight excluding hydrogens is 188 g/mol. The van der Waals surface area contributed by atoms with Crippen molar-refractivity contribution in [3.8, 4) is 0 Å². The lowest BCUT2D eigenvalue weighted by Crippen LogP contribution is -2.14. The van der Waals surface area contributed by atoms with Gasteiger partial charge in [-0.15, -0.1) is 0 Å². The fraction of sp³-hybridized carbons (Fsp3) is 0.300. The molecule has 2 nitrogen and oxygen atoms in total. The van der Waals surface area contributed by atoms with E-state index in [2.05, 4.69) is 0 Å². The van der Waals surface area contributed by atoms with E-state index in [1.165, 1.54) is 12.1 Å². The van der Waals surface area contributed by atoms with Crippen molar-refractivity contribution in [2.45, 2.75) is 20.3 Å². The van der Waals surface area contributed by atoms with Crippen LogP contribution in [0.15, 0.2) is 18.2 Å². The predicted octanol–water partition coefficient (Wildman–Crippen LogP) is 2.02. The van der Waals surface area contributed by atoms with Gasteiger partial charge in [0.1, 0.15) is 0 Å². The van der Waals surface area contributed by atoms with Gasteiger partial charge in [-0.1, -0.05) is 26.0 Å². The molecule has 14 heavy (non-hydrogen) atoms. The number of carbonyl (C=O) groups excluding carboxylic acids is 1. The largest absolute Gasteiger partial charge is 0.369 e. The first-order valence-corrected chi connectivity index (χ1v) is 4.32. The molecule has 4 heteroatoms. The normalized spacial score (nSPS) is 8.86. The topological polar surface area (TPSA) is 43.1 Å². The van der Waals surface area contributed by atoms with Gasteiger partial charge < -0.3 is 5.73 Å². The zero-order valence-corrected chi connectivity index (χ0v) is 8.18. The van der Waals surface area contributed by atoms with Crippen molar-refractivity contribution < 1.29 is 13.6 Å². The van der Waals surface area contributed by atoms with Crippen molar-refractivity contribution in [2.24, 2.45) is 5.73 Å². The van der Waals surface area contributed by atoms with Gasteiger partial charge in [-0.25, -0.2) is 8.78 Å². The van der Waals surface area contributed by atoms with E-state index in [1.807, 2.05) is 13.8 Å². The van der Waals surface area contributed by atoms with Crippen molar-refractivity contribution >= 4 is 5.91 Å². The molecule has 1 amide bonds. The smallest absolute Gasteiger partial charge is 0.221 e. The quantitative estimate of drug-likeness (QED) is 0.781. The molecule has 2 N–H and O–H groups in total. The number of benzene rings is 1. The Balaban J connectivity index is 0.000000791. The summed E-state index contributed by atoms with van der Waals surface area (Å²) in [5.41, 5.74) is 4.80. The minimum atomic E-state index is -1.00. The molecule has 0 bridgehead atoms. The Morgan fingerprint density at radius 3 is 2.43 bits per heavy atom. The van der Waals surface area contributed by atoms with E-state index in [0.29, 0.717) is 0 Å². The molecule has 1 aromatic rings. The van der Waals surface area contributed by atoms with E-state index >= 15 is 0 Å². The SMILES string of the molecule is CC.NC(=O)Cc1cccc(F)c1F. The third-order valence-corrected chi connectivity index (χ3v) is 1.40. The van der Waals surface area contributed by atoms with Crippen LogP contribution in [0.5, 0.6) is 0 Å². The predicted molar refractivity (Wildman–Crippen MR) is 50.6 cm³/mol. The molecule has 0 fully saturated rings. The molecule has 0 saturated heterocycles. The first-order chi connectivity index (χ1) is 6.61. The fourth-order valence-electron chi connectivity index (χ4n) is 0.873. The van der Waals surface area contributed by atoms with Crippen LogP contribution in [0, 0.1) is 11.6 Å². The lowest BCUT2D eigenvalue weighted by Gasteiger charge is -1.99. The summed E-state index contributed by atoms with van der Waals surface area (Å²) in [5.74, 6) is -2.65. The third kappa shape index (κ3) is 3.51. The van der Waals surface area contributed by atoms with Crippen LogP contribution in [-0.2, 0) is 11.2 Å². The second-order valence-electron chi connectivity index (χ2n) is 2.36. The second-order valence-corrected chi connectivity index (χ2v) is 2.36. The number of carbonyl (C=O) groups is 1. The van der Waals surface area contributed by atoms with Crippen LogP contribution < -0.4 is 5.73 Å². The van der Waals surface area contributed by atoms with Gasteiger partial charge in [-0.3, -0.25) is 4.79 Å². The summed E-state index contributed by atoms with van der Waals surface area (Å²) in [6, 6.07) is 3.64. The summed E-state index contributed by atoms with van der Waals surface area (Å²) in [5, 5.41) is 0. The molecule has 1 rings (SSSR count). The number of hydrogen-bond acceptors (Lipinski definition) is 1. The van der Waals surface area contributed by atoms with Gasteiger partial charge in [0.2, 0.25) is 5.91 Å². The van der Waals surface area contributed by atoms with Gasteiger partial charge in [0.05, 0.1) is 6.42 Å². The molecule has 0 aliphatic heterocycles. The van der Waals surface area contributed by atoms with Gasteiger partial charge in [-0.2, -0.15) is 0 Å². The number of rotatable bonds is 2. The van der Waals surface area contributed by atoms with E-state index in [0.717, 1.165) is 6.07 Å². The van der Waals surface area contributed by atoms with E-state index in [1.54, 1.807) is 0 Å². The minimum absolute atomic E-state index is 0.0116. The van der Waals surface area contributed by atoms with Crippen molar-refractivity contribution in [1.82, 2.24) is 0 Å². The number of primary amides is 1. The van der Waals surface area contributed by atoms with Gasteiger partial charge >= 0.3 is 0 Å². The number of hydrogen-bond donors (Lipinski definition) is 1. The van der Waals surface area contributed by atoms with Crippen molar-refractivity contribution in [3.63, 3.8) is 0 Å². The summed E-state index contributed by atoms with van der Waals surface area (Å²) >= 11 is 0. The van der Waals surface area contributed by atoms with Crippen LogP contribution in [0.4, 0.5) is 8.78 Å². The van der Waals surface area contributed by atoms with E-state index in [9.17, 15) is 13.6 Å². The Kier molecular flexibility index (Phi) is 5.44. The highest BCUT2D eigenvalue weighted by atomic mass is 19.2. The maximum atomic E-state index is 12.8. The van der Waals surface area contributed by atoms with Gasteiger partial charge in [-0.05, 0) is 6.07 Å². The summed E-state index contributed by atoms with van der Waals surface area (Å²) in [7, 11) is 0. The van der Waals surface area contributed by atoms with Crippen molar-refractivity contribution in [3.05, 3.63) is 35.4 Å². The van der Waals surface area contributed by atoms with Crippen LogP contribution in [0.3, 0.4) is 0 Å². The maximum absolute atomic E-state index is 12.8. The maximum Gasteiger partial charge on any atom is 0.221 e. The zero-order chi connectivity index (χ0) is 11.1. The van der Waals surface area contributed by atoms with Crippen LogP contribution in [-0.4, -0.2) is 5.91 Å². The average Bonchev–Trinajstić information content (AvgIpc) is 2.16. The van der Waals surface area contributed by atoms with E-state index in [4.69, 9.17) is 5.73 Å². The van der Waals surface area contributed by atoms with E-state index in [-0.39, 0.29) is 12.0 Å². The summed E-state index contributed by atoms with van der Waals surface area (Å²) in [6.07, 6.45) is -0.274. The molecule has 0 atom stereocenters. The van der Waals surface area contributed by atoms with Gasteiger partial charge in [0.25, 0.3) is 0 Å². The zero-order valence-electron chi connectivity index (χ0n) is 8.18. The number of amides is 1. The van der Waals surface area contributed by atoms with Crippen LogP contribution in [0.25, 0.3) is 0 Å². The summed E-state index contributed by atoms with van der Waals surface area (Å²) in [4.78, 5) is 10.4. The highest BCUT2D eigenvalue weighted by molar-refractivity contribution is 5.76. The second kappa shape index (κ2) is 6.07. The minimum Gasteiger partial charge on any atom is -0.369 e. The molecule has 0 radical (unpaired) electrons. The van der Waals surface area contributed by atoms with Crippen molar-refractivity contribution in [1.29, 1.82) is 0 Å². The highest BCUT2D eigenvalue weighted by Gasteiger charge is 2.08. The Morgan fingerprint density at radius 1 is 1.36 bits per heavy atom. The Bertz CT molecular complexity index is 313. The molecule has 78 valence electrons. The monoisotopic (exact) mass is 201 g/mol. The van der Waals surface area contributed by atoms with E-state index < -0.39 is 17.5 Å². The number of nitrogens with two attached hydrogens (primary N) is 1. The van der Waals surface area contributed by atoms with Crippen molar-refractivity contribution in [2.75, 3.05) is 0 Å². The molecule has 1 aromatic carbocycles. The lowest BCUT2D eigenvalue weighted by atomic mass is 10.1. The Labute approximate surface area is 81.7 Å². The molecule has 0 aromatic heterocycles. The molecule has 0 saturated carbocycles. The lowest BCUT2D eigenvalue weighted by molar-refractivity contribution is -0.117. The summed E-state index contributed by atoms with van der Waals surface area (Å²) < 4.78 is 25.3.